The van der Waals surface area contributed by atoms with Gasteiger partial charge in [0, 0.05) is 24.0 Å². The molecule has 0 saturated heterocycles. The first kappa shape index (κ1) is 19.7. The molecule has 1 aromatic heterocycles. The summed E-state index contributed by atoms with van der Waals surface area (Å²) in [6, 6.07) is 12.7. The Balaban J connectivity index is 1.64. The van der Waals surface area contributed by atoms with Crippen molar-refractivity contribution in [1.82, 2.24) is 0 Å². The first-order chi connectivity index (χ1) is 14.9. The summed E-state index contributed by atoms with van der Waals surface area (Å²) in [7, 11) is 2.89. The zero-order valence-electron chi connectivity index (χ0n) is 17.2. The second kappa shape index (κ2) is 6.89. The predicted octanol–water partition coefficient (Wildman–Crippen LogP) is 5.01. The van der Waals surface area contributed by atoms with E-state index in [1.165, 1.54) is 20.3 Å². The van der Waals surface area contributed by atoms with Gasteiger partial charge in [0.25, 0.3) is 0 Å². The Morgan fingerprint density at radius 3 is 2.42 bits per heavy atom. The highest BCUT2D eigenvalue weighted by Gasteiger charge is 2.62. The third-order valence-corrected chi connectivity index (χ3v) is 6.41. The number of ether oxygens (including phenoxy) is 3. The van der Waals surface area contributed by atoms with E-state index in [0.717, 1.165) is 5.56 Å². The molecule has 31 heavy (non-hydrogen) atoms. The molecule has 0 saturated carbocycles. The van der Waals surface area contributed by atoms with Crippen LogP contribution >= 0.6 is 11.6 Å². The van der Waals surface area contributed by atoms with Crippen LogP contribution in [0.25, 0.3) is 11.3 Å². The van der Waals surface area contributed by atoms with Gasteiger partial charge in [-0.1, -0.05) is 48.9 Å². The van der Waals surface area contributed by atoms with Gasteiger partial charge >= 0.3 is 0 Å². The Hall–Kier alpha value is -3.25. The van der Waals surface area contributed by atoms with Crippen LogP contribution in [-0.2, 0) is 6.42 Å². The van der Waals surface area contributed by atoms with Crippen molar-refractivity contribution in [3.8, 4) is 28.6 Å². The molecule has 0 bridgehead atoms. The van der Waals surface area contributed by atoms with Crippen molar-refractivity contribution in [2.45, 2.75) is 18.9 Å². The second-order valence-corrected chi connectivity index (χ2v) is 8.09. The van der Waals surface area contributed by atoms with E-state index in [-0.39, 0.29) is 22.1 Å². The van der Waals surface area contributed by atoms with Crippen LogP contribution in [0.1, 0.15) is 33.4 Å². The van der Waals surface area contributed by atoms with Crippen molar-refractivity contribution in [2.75, 3.05) is 14.2 Å². The van der Waals surface area contributed by atoms with E-state index >= 15 is 0 Å². The van der Waals surface area contributed by atoms with Crippen molar-refractivity contribution in [2.24, 2.45) is 5.92 Å². The predicted molar refractivity (Wildman–Crippen MR) is 114 cm³/mol. The van der Waals surface area contributed by atoms with Crippen LogP contribution in [0.15, 0.2) is 46.9 Å². The Morgan fingerprint density at radius 1 is 1.03 bits per heavy atom. The summed E-state index contributed by atoms with van der Waals surface area (Å²) < 4.78 is 22.8. The number of halogens is 1. The molecule has 1 aliphatic carbocycles. The summed E-state index contributed by atoms with van der Waals surface area (Å²) in [5.74, 6) is 0.398. The van der Waals surface area contributed by atoms with Gasteiger partial charge in [0.1, 0.15) is 33.6 Å². The number of furan rings is 1. The number of fused-ring (bicyclic) bond motifs is 2. The summed E-state index contributed by atoms with van der Waals surface area (Å²) in [6.07, 6.45) is 0.366. The third kappa shape index (κ3) is 2.58. The van der Waals surface area contributed by atoms with E-state index in [1.807, 2.05) is 30.3 Å². The van der Waals surface area contributed by atoms with Crippen molar-refractivity contribution in [3.63, 3.8) is 0 Å². The number of benzene rings is 2. The van der Waals surface area contributed by atoms with Gasteiger partial charge in [0.2, 0.25) is 17.2 Å². The van der Waals surface area contributed by atoms with E-state index in [4.69, 9.17) is 30.2 Å². The van der Waals surface area contributed by atoms with E-state index in [0.29, 0.717) is 29.3 Å². The minimum atomic E-state index is -1.73. The molecular formula is C24H19ClO6. The van der Waals surface area contributed by atoms with Crippen LogP contribution in [-0.4, -0.2) is 31.4 Å². The van der Waals surface area contributed by atoms with Crippen LogP contribution in [0.5, 0.6) is 17.2 Å². The lowest BCUT2D eigenvalue weighted by molar-refractivity contribution is 0.0247. The molecule has 0 unspecified atom stereocenters. The van der Waals surface area contributed by atoms with Gasteiger partial charge in [-0.25, -0.2) is 0 Å². The molecule has 0 fully saturated rings. The summed E-state index contributed by atoms with van der Waals surface area (Å²) in [5.41, 5.74) is -0.372. The van der Waals surface area contributed by atoms with Gasteiger partial charge in [-0.05, 0) is 6.07 Å². The molecule has 1 aliphatic heterocycles. The van der Waals surface area contributed by atoms with Gasteiger partial charge in [0.05, 0.1) is 19.8 Å². The first-order valence-corrected chi connectivity index (χ1v) is 10.2. The van der Waals surface area contributed by atoms with Crippen LogP contribution in [0, 0.1) is 5.92 Å². The fourth-order valence-electron chi connectivity index (χ4n) is 4.44. The quantitative estimate of drug-likeness (QED) is 0.535. The number of rotatable bonds is 3. The summed E-state index contributed by atoms with van der Waals surface area (Å²) >= 11 is 6.44. The average molecular weight is 439 g/mol. The Kier molecular flexibility index (Phi) is 4.38. The van der Waals surface area contributed by atoms with Crippen LogP contribution in [0.4, 0.5) is 0 Å². The zero-order valence-corrected chi connectivity index (χ0v) is 17.9. The lowest BCUT2D eigenvalue weighted by atomic mass is 9.72. The highest BCUT2D eigenvalue weighted by molar-refractivity contribution is 6.36. The smallest absolute Gasteiger partial charge is 0.237 e. The molecule has 0 radical (unpaired) electrons. The van der Waals surface area contributed by atoms with Crippen molar-refractivity contribution in [1.29, 1.82) is 0 Å². The lowest BCUT2D eigenvalue weighted by Crippen LogP contribution is -2.56. The van der Waals surface area contributed by atoms with Gasteiger partial charge in [-0.2, -0.15) is 0 Å². The molecule has 0 amide bonds. The fraction of sp³-hybridized carbons (Fsp3) is 0.250. The number of carbonyl (C=O) groups excluding carboxylic acids is 2. The number of ketones is 2. The van der Waals surface area contributed by atoms with E-state index in [1.54, 1.807) is 13.0 Å². The minimum absolute atomic E-state index is 0.110. The molecule has 6 nitrogen and oxygen atoms in total. The third-order valence-electron chi connectivity index (χ3n) is 6.05. The summed E-state index contributed by atoms with van der Waals surface area (Å²) in [4.78, 5) is 27.4. The standard InChI is InChI=1S/C24H19ClO6/c1-12-9-16-14(10-15(30-16)13-7-5-4-6-8-13)22(26)24(12)23(27)19-17(28-2)11-18(29-3)20(25)21(19)31-24/h4-8,10-12H,9H2,1-3H3/t12-,24+/m1/s1. The molecule has 2 aliphatic rings. The number of carbonyl (C=O) groups is 2. The Morgan fingerprint density at radius 2 is 1.74 bits per heavy atom. The molecule has 3 aromatic rings. The van der Waals surface area contributed by atoms with Crippen LogP contribution in [0.3, 0.4) is 0 Å². The molecule has 2 atom stereocenters. The number of methoxy groups -OCH3 is 2. The molecule has 0 N–H and O–H groups in total. The highest BCUT2D eigenvalue weighted by atomic mass is 35.5. The maximum absolute atomic E-state index is 13.7. The molecule has 1 spiro atoms. The Bertz CT molecular complexity index is 1230. The average Bonchev–Trinajstić information content (AvgIpc) is 3.34. The molecule has 2 heterocycles. The van der Waals surface area contributed by atoms with Crippen LogP contribution < -0.4 is 14.2 Å². The minimum Gasteiger partial charge on any atom is -0.496 e. The number of Topliss-reactive ketones (excluding diaryl/α,β-unsaturated/α-hetero) is 2. The SMILES string of the molecule is COc1cc(OC)c2c(c1Cl)O[C@@]1(C(=O)c3cc(-c4ccccc4)oc3C[C@H]1C)C2=O. The normalized spacial score (nSPS) is 21.6. The van der Waals surface area contributed by atoms with E-state index < -0.39 is 23.1 Å². The van der Waals surface area contributed by atoms with Crippen LogP contribution in [0.2, 0.25) is 5.02 Å². The maximum atomic E-state index is 13.7. The monoisotopic (exact) mass is 438 g/mol. The summed E-state index contributed by atoms with van der Waals surface area (Å²) in [5, 5.41) is 0.131. The second-order valence-electron chi connectivity index (χ2n) is 7.71. The van der Waals surface area contributed by atoms with Gasteiger partial charge in [-0.15, -0.1) is 0 Å². The lowest BCUT2D eigenvalue weighted by Gasteiger charge is -2.34. The molecule has 5 rings (SSSR count). The largest absolute Gasteiger partial charge is 0.496 e. The summed E-state index contributed by atoms with van der Waals surface area (Å²) in [6.45, 7) is 1.80. The molecule has 2 aromatic carbocycles. The van der Waals surface area contributed by atoms with E-state index in [9.17, 15) is 9.59 Å². The molecule has 158 valence electrons. The number of hydrogen-bond acceptors (Lipinski definition) is 6. The van der Waals surface area contributed by atoms with Crippen molar-refractivity contribution in [3.05, 3.63) is 64.4 Å². The van der Waals surface area contributed by atoms with Crippen molar-refractivity contribution >= 4 is 23.2 Å². The van der Waals surface area contributed by atoms with Crippen molar-refractivity contribution < 1.29 is 28.2 Å². The first-order valence-electron chi connectivity index (χ1n) is 9.83. The van der Waals surface area contributed by atoms with E-state index in [2.05, 4.69) is 0 Å². The topological polar surface area (TPSA) is 75.0 Å². The molecule has 7 heteroatoms. The highest BCUT2D eigenvalue weighted by Crippen LogP contribution is 2.53. The van der Waals surface area contributed by atoms with Gasteiger partial charge in [0.15, 0.2) is 5.75 Å². The zero-order chi connectivity index (χ0) is 21.9. The maximum Gasteiger partial charge on any atom is 0.237 e. The fourth-order valence-corrected chi connectivity index (χ4v) is 4.70. The Labute approximate surface area is 183 Å². The number of hydrogen-bond donors (Lipinski definition) is 0. The molecular weight excluding hydrogens is 420 g/mol. The van der Waals surface area contributed by atoms with Gasteiger partial charge in [-0.3, -0.25) is 9.59 Å². The van der Waals surface area contributed by atoms with Gasteiger partial charge < -0.3 is 18.6 Å².